The summed E-state index contributed by atoms with van der Waals surface area (Å²) < 4.78 is 10.6. The van der Waals surface area contributed by atoms with Gasteiger partial charge in [0.1, 0.15) is 11.5 Å². The minimum Gasteiger partial charge on any atom is -0.494 e. The van der Waals surface area contributed by atoms with E-state index < -0.39 is 4.92 Å². The molecule has 0 radical (unpaired) electrons. The molecule has 7 heteroatoms. The molecular weight excluding hydrogens is 312 g/mol. The Labute approximate surface area is 139 Å². The fourth-order valence-electron chi connectivity index (χ4n) is 2.08. The summed E-state index contributed by atoms with van der Waals surface area (Å²) in [5.74, 6) is 0.669. The first-order chi connectivity index (χ1) is 11.5. The number of hydrogen-bond acceptors (Lipinski definition) is 5. The molecule has 0 aliphatic heterocycles. The van der Waals surface area contributed by atoms with Gasteiger partial charge in [0.25, 0.3) is 5.69 Å². The van der Waals surface area contributed by atoms with Gasteiger partial charge < -0.3 is 14.8 Å². The van der Waals surface area contributed by atoms with Gasteiger partial charge in [-0.15, -0.1) is 0 Å². The van der Waals surface area contributed by atoms with Crippen LogP contribution in [0.3, 0.4) is 0 Å². The molecule has 0 spiro atoms. The van der Waals surface area contributed by atoms with E-state index in [9.17, 15) is 14.9 Å². The second-order valence-electron chi connectivity index (χ2n) is 5.10. The van der Waals surface area contributed by atoms with E-state index in [0.29, 0.717) is 11.4 Å². The van der Waals surface area contributed by atoms with E-state index in [2.05, 4.69) is 5.32 Å². The van der Waals surface area contributed by atoms with Crippen molar-refractivity contribution in [2.45, 2.75) is 13.3 Å². The van der Waals surface area contributed by atoms with Gasteiger partial charge in [-0.25, -0.2) is 0 Å². The highest BCUT2D eigenvalue weighted by molar-refractivity contribution is 5.92. The van der Waals surface area contributed by atoms with Gasteiger partial charge in [-0.1, -0.05) is 12.1 Å². The van der Waals surface area contributed by atoms with Gasteiger partial charge >= 0.3 is 0 Å². The highest BCUT2D eigenvalue weighted by atomic mass is 16.6. The molecule has 0 atom stereocenters. The first-order valence-electron chi connectivity index (χ1n) is 7.31. The lowest BCUT2D eigenvalue weighted by Gasteiger charge is -2.10. The fourth-order valence-corrected chi connectivity index (χ4v) is 2.08. The highest BCUT2D eigenvalue weighted by Crippen LogP contribution is 2.29. The first kappa shape index (κ1) is 17.3. The molecule has 0 bridgehead atoms. The Morgan fingerprint density at radius 1 is 1.25 bits per heavy atom. The van der Waals surface area contributed by atoms with Crippen molar-refractivity contribution in [2.24, 2.45) is 0 Å². The molecule has 126 valence electrons. The summed E-state index contributed by atoms with van der Waals surface area (Å²) in [6.07, 6.45) is 0.147. The van der Waals surface area contributed by atoms with Crippen LogP contribution < -0.4 is 14.8 Å². The van der Waals surface area contributed by atoms with Gasteiger partial charge in [-0.2, -0.15) is 0 Å². The number of methoxy groups -OCH3 is 1. The van der Waals surface area contributed by atoms with E-state index in [1.165, 1.54) is 25.3 Å². The number of rotatable bonds is 7. The number of non-ortho nitro benzene ring substituents is 1. The zero-order chi connectivity index (χ0) is 17.5. The largest absolute Gasteiger partial charge is 0.494 e. The molecule has 7 nitrogen and oxygen atoms in total. The number of aryl methyl sites for hydroxylation is 1. The molecule has 0 unspecified atom stereocenters. The maximum atomic E-state index is 12.0. The predicted octanol–water partition coefficient (Wildman–Crippen LogP) is 3.32. The van der Waals surface area contributed by atoms with Crippen LogP contribution in [0.1, 0.15) is 12.0 Å². The standard InChI is InChI=1S/C17H18N2O5/c1-12-4-3-5-14(10-12)24-9-8-17(20)18-15-7-6-13(19(21)22)11-16(15)23-2/h3-7,10-11H,8-9H2,1-2H3,(H,18,20). The number of nitrogens with one attached hydrogen (secondary N) is 1. The quantitative estimate of drug-likeness (QED) is 0.621. The molecule has 0 aliphatic carbocycles. The minimum absolute atomic E-state index is 0.104. The van der Waals surface area contributed by atoms with E-state index in [-0.39, 0.29) is 30.4 Å². The van der Waals surface area contributed by atoms with Crippen LogP contribution in [0.2, 0.25) is 0 Å². The molecule has 0 heterocycles. The smallest absolute Gasteiger partial charge is 0.273 e. The van der Waals surface area contributed by atoms with Crippen LogP contribution in [0.5, 0.6) is 11.5 Å². The molecule has 0 saturated heterocycles. The lowest BCUT2D eigenvalue weighted by atomic mass is 10.2. The highest BCUT2D eigenvalue weighted by Gasteiger charge is 2.13. The van der Waals surface area contributed by atoms with Crippen molar-refractivity contribution in [3.05, 3.63) is 58.1 Å². The number of ether oxygens (including phenoxy) is 2. The van der Waals surface area contributed by atoms with Crippen LogP contribution in [0.25, 0.3) is 0 Å². The van der Waals surface area contributed by atoms with Crippen molar-refractivity contribution < 1.29 is 19.2 Å². The minimum atomic E-state index is -0.524. The third-order valence-electron chi connectivity index (χ3n) is 3.26. The molecule has 2 aromatic carbocycles. The third-order valence-corrected chi connectivity index (χ3v) is 3.26. The van der Waals surface area contributed by atoms with Crippen molar-refractivity contribution in [1.82, 2.24) is 0 Å². The van der Waals surface area contributed by atoms with Gasteiger partial charge in [-0.05, 0) is 30.7 Å². The first-order valence-corrected chi connectivity index (χ1v) is 7.31. The Morgan fingerprint density at radius 2 is 2.04 bits per heavy atom. The number of nitro benzene ring substituents is 1. The average molecular weight is 330 g/mol. The second kappa shape index (κ2) is 7.96. The monoisotopic (exact) mass is 330 g/mol. The zero-order valence-corrected chi connectivity index (χ0v) is 13.4. The van der Waals surface area contributed by atoms with Crippen LogP contribution in [0.15, 0.2) is 42.5 Å². The summed E-state index contributed by atoms with van der Waals surface area (Å²) in [6, 6.07) is 11.6. The van der Waals surface area contributed by atoms with Crippen LogP contribution in [-0.2, 0) is 4.79 Å². The van der Waals surface area contributed by atoms with E-state index in [4.69, 9.17) is 9.47 Å². The maximum absolute atomic E-state index is 12.0. The topological polar surface area (TPSA) is 90.7 Å². The third kappa shape index (κ3) is 4.70. The van der Waals surface area contributed by atoms with E-state index >= 15 is 0 Å². The SMILES string of the molecule is COc1cc([N+](=O)[O-])ccc1NC(=O)CCOc1cccc(C)c1. The number of nitrogens with zero attached hydrogens (tertiary/aromatic N) is 1. The van der Waals surface area contributed by atoms with Crippen molar-refractivity contribution >= 4 is 17.3 Å². The van der Waals surface area contributed by atoms with E-state index in [0.717, 1.165) is 5.56 Å². The maximum Gasteiger partial charge on any atom is 0.273 e. The molecule has 0 saturated carbocycles. The van der Waals surface area contributed by atoms with Crippen LogP contribution in [-0.4, -0.2) is 24.5 Å². The van der Waals surface area contributed by atoms with Crippen LogP contribution in [0, 0.1) is 17.0 Å². The summed E-state index contributed by atoms with van der Waals surface area (Å²) in [6.45, 7) is 2.19. The molecular formula is C17H18N2O5. The fraction of sp³-hybridized carbons (Fsp3) is 0.235. The summed E-state index contributed by atoms with van der Waals surface area (Å²) in [4.78, 5) is 22.2. The molecule has 0 aliphatic rings. The number of nitro groups is 1. The number of hydrogen-bond donors (Lipinski definition) is 1. The molecule has 0 aromatic heterocycles. The number of carbonyl (C=O) groups excluding carboxylic acids is 1. The Kier molecular flexibility index (Phi) is 5.73. The van der Waals surface area contributed by atoms with Crippen molar-refractivity contribution in [3.8, 4) is 11.5 Å². The summed E-state index contributed by atoms with van der Waals surface area (Å²) in [7, 11) is 1.38. The number of amides is 1. The number of benzene rings is 2. The van der Waals surface area contributed by atoms with Crippen molar-refractivity contribution in [3.63, 3.8) is 0 Å². The Hall–Kier alpha value is -3.09. The lowest BCUT2D eigenvalue weighted by Crippen LogP contribution is -2.15. The van der Waals surface area contributed by atoms with Crippen molar-refractivity contribution in [1.29, 1.82) is 0 Å². The predicted molar refractivity (Wildman–Crippen MR) is 89.6 cm³/mol. The Morgan fingerprint density at radius 3 is 2.71 bits per heavy atom. The van der Waals surface area contributed by atoms with Gasteiger partial charge in [-0.3, -0.25) is 14.9 Å². The molecule has 0 fully saturated rings. The van der Waals surface area contributed by atoms with Gasteiger partial charge in [0, 0.05) is 6.07 Å². The zero-order valence-electron chi connectivity index (χ0n) is 13.4. The molecule has 2 rings (SSSR count). The molecule has 24 heavy (non-hydrogen) atoms. The average Bonchev–Trinajstić information content (AvgIpc) is 2.55. The summed E-state index contributed by atoms with van der Waals surface area (Å²) in [5.41, 5.74) is 1.35. The lowest BCUT2D eigenvalue weighted by molar-refractivity contribution is -0.384. The van der Waals surface area contributed by atoms with E-state index in [1.807, 2.05) is 31.2 Å². The van der Waals surface area contributed by atoms with Crippen LogP contribution in [0.4, 0.5) is 11.4 Å². The number of anilines is 1. The molecule has 1 N–H and O–H groups in total. The number of carbonyl (C=O) groups is 1. The Bertz CT molecular complexity index is 746. The summed E-state index contributed by atoms with van der Waals surface area (Å²) >= 11 is 0. The van der Waals surface area contributed by atoms with Gasteiger partial charge in [0.15, 0.2) is 0 Å². The second-order valence-corrected chi connectivity index (χ2v) is 5.10. The Balaban J connectivity index is 1.91. The molecule has 1 amide bonds. The van der Waals surface area contributed by atoms with E-state index in [1.54, 1.807) is 0 Å². The summed E-state index contributed by atoms with van der Waals surface area (Å²) in [5, 5.41) is 13.4. The normalized spacial score (nSPS) is 10.1. The van der Waals surface area contributed by atoms with Gasteiger partial charge in [0.05, 0.1) is 36.8 Å². The van der Waals surface area contributed by atoms with Crippen LogP contribution >= 0.6 is 0 Å². The van der Waals surface area contributed by atoms with Crippen molar-refractivity contribution in [2.75, 3.05) is 19.0 Å². The molecule has 2 aromatic rings. The van der Waals surface area contributed by atoms with Gasteiger partial charge in [0.2, 0.25) is 5.91 Å².